The summed E-state index contributed by atoms with van der Waals surface area (Å²) in [6, 6.07) is 5.98. The molecule has 1 heterocycles. The maximum atomic E-state index is 13.0. The summed E-state index contributed by atoms with van der Waals surface area (Å²) in [6.45, 7) is 1.78. The summed E-state index contributed by atoms with van der Waals surface area (Å²) >= 11 is 0. The summed E-state index contributed by atoms with van der Waals surface area (Å²) in [5.41, 5.74) is 0.860. The number of nitrogens with zero attached hydrogens (tertiary/aromatic N) is 1. The molecule has 6 heteroatoms. The number of carbonyl (C=O) groups excluding carboxylic acids is 2. The molecule has 2 atom stereocenters. The van der Waals surface area contributed by atoms with Crippen molar-refractivity contribution in [3.8, 4) is 0 Å². The van der Waals surface area contributed by atoms with Gasteiger partial charge in [0.1, 0.15) is 5.82 Å². The Bertz CT molecular complexity index is 620. The van der Waals surface area contributed by atoms with E-state index in [1.165, 1.54) is 12.1 Å². The van der Waals surface area contributed by atoms with Crippen LogP contribution in [0.5, 0.6) is 0 Å². The van der Waals surface area contributed by atoms with Gasteiger partial charge in [0.05, 0.1) is 5.92 Å². The van der Waals surface area contributed by atoms with E-state index in [1.807, 2.05) is 4.90 Å². The van der Waals surface area contributed by atoms with Crippen molar-refractivity contribution >= 4 is 11.9 Å². The first-order valence-corrected chi connectivity index (χ1v) is 9.72. The highest BCUT2D eigenvalue weighted by atomic mass is 19.1. The average Bonchev–Trinajstić information content (AvgIpc) is 2.66. The molecule has 1 aromatic rings. The first kappa shape index (κ1) is 18.7. The summed E-state index contributed by atoms with van der Waals surface area (Å²) in [4.78, 5) is 27.3. The van der Waals surface area contributed by atoms with Gasteiger partial charge in [-0.3, -0.25) is 4.79 Å². The van der Waals surface area contributed by atoms with Crippen molar-refractivity contribution in [2.75, 3.05) is 13.1 Å². The van der Waals surface area contributed by atoms with Gasteiger partial charge >= 0.3 is 6.03 Å². The fourth-order valence-corrected chi connectivity index (χ4v) is 4.02. The predicted octanol–water partition coefficient (Wildman–Crippen LogP) is 3.20. The maximum Gasteiger partial charge on any atom is 0.317 e. The van der Waals surface area contributed by atoms with Crippen molar-refractivity contribution in [2.24, 2.45) is 5.92 Å². The Kier molecular flexibility index (Phi) is 6.47. The van der Waals surface area contributed by atoms with E-state index < -0.39 is 0 Å². The summed E-state index contributed by atoms with van der Waals surface area (Å²) in [7, 11) is 0. The second-order valence-electron chi connectivity index (χ2n) is 7.29. The maximum absolute atomic E-state index is 13.0. The van der Waals surface area contributed by atoms with Crippen LogP contribution in [0, 0.1) is 11.7 Å². The fourth-order valence-electron chi connectivity index (χ4n) is 4.02. The Labute approximate surface area is 154 Å². The van der Waals surface area contributed by atoms with Crippen molar-refractivity contribution < 1.29 is 14.0 Å². The topological polar surface area (TPSA) is 61.4 Å². The zero-order chi connectivity index (χ0) is 18.4. The Balaban J connectivity index is 1.69. The molecule has 2 fully saturated rings. The normalized spacial score (nSPS) is 24.3. The summed E-state index contributed by atoms with van der Waals surface area (Å²) in [5.74, 6) is -0.307. The molecule has 0 radical (unpaired) electrons. The zero-order valence-electron chi connectivity index (χ0n) is 15.2. The van der Waals surface area contributed by atoms with E-state index in [0.29, 0.717) is 13.1 Å². The van der Waals surface area contributed by atoms with Crippen molar-refractivity contribution in [3.63, 3.8) is 0 Å². The van der Waals surface area contributed by atoms with E-state index in [9.17, 15) is 14.0 Å². The Morgan fingerprint density at radius 3 is 2.69 bits per heavy atom. The predicted molar refractivity (Wildman–Crippen MR) is 97.9 cm³/mol. The third-order valence-corrected chi connectivity index (χ3v) is 5.46. The number of nitrogens with one attached hydrogen (secondary N) is 2. The number of fused-ring (bicyclic) bond motifs is 1. The summed E-state index contributed by atoms with van der Waals surface area (Å²) < 4.78 is 13.0. The molecule has 2 N–H and O–H groups in total. The van der Waals surface area contributed by atoms with Crippen LogP contribution in [-0.4, -0.2) is 36.0 Å². The molecule has 1 saturated heterocycles. The highest BCUT2D eigenvalue weighted by Gasteiger charge is 2.37. The van der Waals surface area contributed by atoms with E-state index in [1.54, 1.807) is 12.1 Å². The molecule has 0 bridgehead atoms. The first-order valence-electron chi connectivity index (χ1n) is 9.72. The Morgan fingerprint density at radius 1 is 1.12 bits per heavy atom. The number of hydrogen-bond acceptors (Lipinski definition) is 2. The molecule has 0 spiro atoms. The van der Waals surface area contributed by atoms with Crippen molar-refractivity contribution in [1.29, 1.82) is 0 Å². The Morgan fingerprint density at radius 2 is 1.88 bits per heavy atom. The molecule has 1 saturated carbocycles. The molecule has 26 heavy (non-hydrogen) atoms. The lowest BCUT2D eigenvalue weighted by molar-refractivity contribution is -0.128. The molecule has 1 aromatic carbocycles. The number of amides is 3. The fraction of sp³-hybridized carbons (Fsp3) is 0.600. The third-order valence-electron chi connectivity index (χ3n) is 5.46. The average molecular weight is 361 g/mol. The van der Waals surface area contributed by atoms with E-state index in [0.717, 1.165) is 57.1 Å². The van der Waals surface area contributed by atoms with Crippen LogP contribution in [0.3, 0.4) is 0 Å². The number of rotatable bonds is 2. The van der Waals surface area contributed by atoms with Gasteiger partial charge in [-0.05, 0) is 49.8 Å². The monoisotopic (exact) mass is 361 g/mol. The minimum absolute atomic E-state index is 0.0323. The van der Waals surface area contributed by atoms with Gasteiger partial charge in [-0.25, -0.2) is 9.18 Å². The highest BCUT2D eigenvalue weighted by molar-refractivity contribution is 5.81. The van der Waals surface area contributed by atoms with E-state index in [-0.39, 0.29) is 29.7 Å². The van der Waals surface area contributed by atoms with Crippen LogP contribution >= 0.6 is 0 Å². The lowest BCUT2D eigenvalue weighted by atomic mass is 9.82. The quantitative estimate of drug-likeness (QED) is 0.850. The molecule has 0 unspecified atom stereocenters. The molecule has 3 amide bonds. The minimum Gasteiger partial charge on any atom is -0.356 e. The van der Waals surface area contributed by atoms with E-state index >= 15 is 0 Å². The van der Waals surface area contributed by atoms with Crippen LogP contribution in [0.4, 0.5) is 9.18 Å². The molecular weight excluding hydrogens is 333 g/mol. The number of benzene rings is 1. The number of halogens is 1. The second-order valence-corrected chi connectivity index (χ2v) is 7.29. The van der Waals surface area contributed by atoms with Crippen molar-refractivity contribution in [2.45, 2.75) is 57.5 Å². The van der Waals surface area contributed by atoms with Crippen LogP contribution in [0.25, 0.3) is 0 Å². The van der Waals surface area contributed by atoms with Crippen LogP contribution < -0.4 is 10.6 Å². The van der Waals surface area contributed by atoms with Crippen LogP contribution in [0.2, 0.25) is 0 Å². The SMILES string of the molecule is O=C1NCCCCCN(C(=O)NCc2ccc(F)cc2)[C@H]2CCCC[C@@H]12. The van der Waals surface area contributed by atoms with Crippen LogP contribution in [-0.2, 0) is 11.3 Å². The largest absolute Gasteiger partial charge is 0.356 e. The summed E-state index contributed by atoms with van der Waals surface area (Å²) in [6.07, 6.45) is 6.72. The molecule has 5 nitrogen and oxygen atoms in total. The van der Waals surface area contributed by atoms with Gasteiger partial charge in [0, 0.05) is 25.7 Å². The zero-order valence-corrected chi connectivity index (χ0v) is 15.2. The molecule has 2 aliphatic rings. The van der Waals surface area contributed by atoms with Gasteiger partial charge in [-0.2, -0.15) is 0 Å². The lowest BCUT2D eigenvalue weighted by Crippen LogP contribution is -2.54. The van der Waals surface area contributed by atoms with Gasteiger partial charge in [-0.1, -0.05) is 25.0 Å². The summed E-state index contributed by atoms with van der Waals surface area (Å²) in [5, 5.41) is 5.99. The lowest BCUT2D eigenvalue weighted by Gasteiger charge is -2.40. The third kappa shape index (κ3) is 4.74. The van der Waals surface area contributed by atoms with Gasteiger partial charge in [0.2, 0.25) is 5.91 Å². The number of hydrogen-bond donors (Lipinski definition) is 2. The van der Waals surface area contributed by atoms with Crippen LogP contribution in [0.1, 0.15) is 50.5 Å². The molecule has 1 aliphatic heterocycles. The van der Waals surface area contributed by atoms with E-state index in [4.69, 9.17) is 0 Å². The molecule has 1 aliphatic carbocycles. The van der Waals surface area contributed by atoms with Crippen molar-refractivity contribution in [3.05, 3.63) is 35.6 Å². The molecule has 3 rings (SSSR count). The first-order chi connectivity index (χ1) is 12.6. The number of carbonyl (C=O) groups is 2. The minimum atomic E-state index is -0.285. The number of urea groups is 1. The van der Waals surface area contributed by atoms with Gasteiger partial charge in [0.15, 0.2) is 0 Å². The standard InChI is InChI=1S/C20H28FN3O2/c21-16-10-8-15(9-11-16)14-23-20(26)24-13-5-1-4-12-22-19(25)17-6-2-3-7-18(17)24/h8-11,17-18H,1-7,12-14H2,(H,22,25)(H,23,26)/t17-,18+/m1/s1. The second kappa shape index (κ2) is 9.01. The Hall–Kier alpha value is -2.11. The van der Waals surface area contributed by atoms with Gasteiger partial charge in [0.25, 0.3) is 0 Å². The van der Waals surface area contributed by atoms with Gasteiger partial charge in [-0.15, -0.1) is 0 Å². The molecular formula is C20H28FN3O2. The highest BCUT2D eigenvalue weighted by Crippen LogP contribution is 2.29. The van der Waals surface area contributed by atoms with Gasteiger partial charge < -0.3 is 15.5 Å². The van der Waals surface area contributed by atoms with Crippen LogP contribution in [0.15, 0.2) is 24.3 Å². The smallest absolute Gasteiger partial charge is 0.317 e. The van der Waals surface area contributed by atoms with E-state index in [2.05, 4.69) is 10.6 Å². The molecule has 142 valence electrons. The molecule has 0 aromatic heterocycles. The van der Waals surface area contributed by atoms with Crippen molar-refractivity contribution in [1.82, 2.24) is 15.5 Å².